The number of rotatable bonds is 7. The molecule has 1 aromatic rings. The first-order chi connectivity index (χ1) is 10.6. The minimum atomic E-state index is -0.401. The molecule has 1 aromatic carbocycles. The Labute approximate surface area is 135 Å². The molecule has 0 aliphatic rings. The summed E-state index contributed by atoms with van der Waals surface area (Å²) in [6.45, 7) is 2.57. The van der Waals surface area contributed by atoms with Gasteiger partial charge >= 0.3 is 0 Å². The summed E-state index contributed by atoms with van der Waals surface area (Å²) in [4.78, 5) is 11.9. The van der Waals surface area contributed by atoms with Gasteiger partial charge in [0.05, 0.1) is 19.2 Å². The van der Waals surface area contributed by atoms with E-state index in [4.69, 9.17) is 26.3 Å². The first kappa shape index (κ1) is 17.9. The zero-order chi connectivity index (χ0) is 16.5. The van der Waals surface area contributed by atoms with Gasteiger partial charge in [-0.1, -0.05) is 24.9 Å². The molecule has 0 bridgehead atoms. The third kappa shape index (κ3) is 4.68. The highest BCUT2D eigenvalue weighted by atomic mass is 35.5. The molecule has 0 unspecified atom stereocenters. The van der Waals surface area contributed by atoms with Crippen LogP contribution in [0.25, 0.3) is 6.08 Å². The van der Waals surface area contributed by atoms with Crippen LogP contribution >= 0.6 is 11.6 Å². The monoisotopic (exact) mass is 322 g/mol. The van der Waals surface area contributed by atoms with Crippen LogP contribution in [-0.4, -0.2) is 26.7 Å². The second kappa shape index (κ2) is 8.96. The third-order valence-electron chi connectivity index (χ3n) is 2.95. The van der Waals surface area contributed by atoms with Crippen LogP contribution < -0.4 is 14.8 Å². The van der Waals surface area contributed by atoms with E-state index in [2.05, 4.69) is 5.32 Å². The van der Waals surface area contributed by atoms with Gasteiger partial charge in [0.25, 0.3) is 5.91 Å². The van der Waals surface area contributed by atoms with Gasteiger partial charge in [0.2, 0.25) is 0 Å². The van der Waals surface area contributed by atoms with E-state index < -0.39 is 5.91 Å². The zero-order valence-corrected chi connectivity index (χ0v) is 13.7. The lowest BCUT2D eigenvalue weighted by Gasteiger charge is -2.10. The maximum Gasteiger partial charge on any atom is 0.261 e. The molecule has 0 heterocycles. The van der Waals surface area contributed by atoms with Crippen molar-refractivity contribution in [2.24, 2.45) is 0 Å². The largest absolute Gasteiger partial charge is 0.493 e. The zero-order valence-electron chi connectivity index (χ0n) is 12.9. The number of nitriles is 1. The maximum atomic E-state index is 11.9. The molecular weight excluding hydrogens is 304 g/mol. The number of hydrogen-bond acceptors (Lipinski definition) is 4. The molecule has 0 fully saturated rings. The molecule has 5 nitrogen and oxygen atoms in total. The summed E-state index contributed by atoms with van der Waals surface area (Å²) in [5.41, 5.74) is 0.601. The number of nitrogens with one attached hydrogen (secondary N) is 1. The Kier molecular flexibility index (Phi) is 7.27. The van der Waals surface area contributed by atoms with E-state index in [1.807, 2.05) is 13.0 Å². The first-order valence-corrected chi connectivity index (χ1v) is 7.26. The predicted molar refractivity (Wildman–Crippen MR) is 86.1 cm³/mol. The molecule has 0 saturated heterocycles. The highest BCUT2D eigenvalue weighted by Gasteiger charge is 2.12. The number of carbonyl (C=O) groups excluding carboxylic acids is 1. The van der Waals surface area contributed by atoms with Crippen molar-refractivity contribution < 1.29 is 14.3 Å². The van der Waals surface area contributed by atoms with Gasteiger partial charge in [-0.3, -0.25) is 4.79 Å². The third-order valence-corrected chi connectivity index (χ3v) is 3.23. The second-order valence-corrected chi connectivity index (χ2v) is 4.92. The fourth-order valence-corrected chi connectivity index (χ4v) is 2.11. The highest BCUT2D eigenvalue weighted by molar-refractivity contribution is 6.32. The fraction of sp³-hybridized carbons (Fsp3) is 0.375. The molecule has 0 aliphatic carbocycles. The van der Waals surface area contributed by atoms with Crippen LogP contribution in [0.5, 0.6) is 11.5 Å². The van der Waals surface area contributed by atoms with Crippen molar-refractivity contribution in [3.63, 3.8) is 0 Å². The van der Waals surface area contributed by atoms with Gasteiger partial charge in [-0.15, -0.1) is 0 Å². The molecule has 0 spiro atoms. The van der Waals surface area contributed by atoms with Crippen LogP contribution in [0.3, 0.4) is 0 Å². The number of hydrogen-bond donors (Lipinski definition) is 1. The minimum absolute atomic E-state index is 0.0133. The highest BCUT2D eigenvalue weighted by Crippen LogP contribution is 2.36. The SMILES string of the molecule is CCCCNC(=O)C(C#N)=Cc1cc(Cl)c(OC)c(OC)c1. The summed E-state index contributed by atoms with van der Waals surface area (Å²) in [6.07, 6.45) is 3.30. The van der Waals surface area contributed by atoms with Gasteiger partial charge in [0.1, 0.15) is 11.6 Å². The van der Waals surface area contributed by atoms with Gasteiger partial charge in [-0.2, -0.15) is 5.26 Å². The lowest BCUT2D eigenvalue weighted by Crippen LogP contribution is -2.25. The number of nitrogens with zero attached hydrogens (tertiary/aromatic N) is 1. The van der Waals surface area contributed by atoms with Gasteiger partial charge in [0, 0.05) is 6.54 Å². The van der Waals surface area contributed by atoms with E-state index in [-0.39, 0.29) is 5.57 Å². The van der Waals surface area contributed by atoms with E-state index >= 15 is 0 Å². The topological polar surface area (TPSA) is 71.4 Å². The van der Waals surface area contributed by atoms with Crippen molar-refractivity contribution in [1.29, 1.82) is 5.26 Å². The summed E-state index contributed by atoms with van der Waals surface area (Å²) >= 11 is 6.10. The average molecular weight is 323 g/mol. The van der Waals surface area contributed by atoms with Crippen molar-refractivity contribution >= 4 is 23.6 Å². The lowest BCUT2D eigenvalue weighted by molar-refractivity contribution is -0.117. The molecule has 1 amide bonds. The van der Waals surface area contributed by atoms with Crippen molar-refractivity contribution in [2.45, 2.75) is 19.8 Å². The number of ether oxygens (including phenoxy) is 2. The number of unbranched alkanes of at least 4 members (excludes halogenated alkanes) is 1. The van der Waals surface area contributed by atoms with E-state index in [9.17, 15) is 4.79 Å². The Bertz CT molecular complexity index is 606. The maximum absolute atomic E-state index is 11.9. The van der Waals surface area contributed by atoms with Crippen LogP contribution in [0.15, 0.2) is 17.7 Å². The molecular formula is C16H19ClN2O3. The van der Waals surface area contributed by atoms with Crippen LogP contribution in [-0.2, 0) is 4.79 Å². The summed E-state index contributed by atoms with van der Waals surface area (Å²) in [6, 6.07) is 5.16. The Morgan fingerprint density at radius 1 is 1.41 bits per heavy atom. The minimum Gasteiger partial charge on any atom is -0.493 e. The Morgan fingerprint density at radius 3 is 2.68 bits per heavy atom. The number of carbonyl (C=O) groups is 1. The smallest absolute Gasteiger partial charge is 0.261 e. The van der Waals surface area contributed by atoms with Crippen LogP contribution in [0, 0.1) is 11.3 Å². The summed E-state index contributed by atoms with van der Waals surface area (Å²) in [5, 5.41) is 12.2. The Morgan fingerprint density at radius 2 is 2.14 bits per heavy atom. The quantitative estimate of drug-likeness (QED) is 0.475. The van der Waals surface area contributed by atoms with Gasteiger partial charge in [0.15, 0.2) is 11.5 Å². The molecule has 0 atom stereocenters. The molecule has 6 heteroatoms. The number of benzene rings is 1. The number of halogens is 1. The van der Waals surface area contributed by atoms with Crippen molar-refractivity contribution in [3.8, 4) is 17.6 Å². The van der Waals surface area contributed by atoms with Crippen LogP contribution in [0.4, 0.5) is 0 Å². The Balaban J connectivity index is 3.06. The van der Waals surface area contributed by atoms with Crippen molar-refractivity contribution in [2.75, 3.05) is 20.8 Å². The predicted octanol–water partition coefficient (Wildman–Crippen LogP) is 3.18. The van der Waals surface area contributed by atoms with E-state index in [1.54, 1.807) is 12.1 Å². The Hall–Kier alpha value is -2.19. The molecule has 1 rings (SSSR count). The molecule has 0 saturated carbocycles. The summed E-state index contributed by atoms with van der Waals surface area (Å²) < 4.78 is 10.3. The first-order valence-electron chi connectivity index (χ1n) is 6.88. The van der Waals surface area contributed by atoms with Gasteiger partial charge in [-0.05, 0) is 30.2 Å². The van der Waals surface area contributed by atoms with E-state index in [0.717, 1.165) is 12.8 Å². The standard InChI is InChI=1S/C16H19ClN2O3/c1-4-5-6-19-16(20)12(10-18)7-11-8-13(17)15(22-3)14(9-11)21-2/h7-9H,4-6H2,1-3H3,(H,19,20). The fourth-order valence-electron chi connectivity index (χ4n) is 1.81. The second-order valence-electron chi connectivity index (χ2n) is 4.52. The average Bonchev–Trinajstić information content (AvgIpc) is 2.51. The number of amides is 1. The van der Waals surface area contributed by atoms with Crippen molar-refractivity contribution in [1.82, 2.24) is 5.32 Å². The van der Waals surface area contributed by atoms with Crippen LogP contribution in [0.1, 0.15) is 25.3 Å². The molecule has 0 aliphatic heterocycles. The molecule has 0 aromatic heterocycles. The summed E-state index contributed by atoms with van der Waals surface area (Å²) in [5.74, 6) is 0.444. The van der Waals surface area contributed by atoms with Crippen molar-refractivity contribution in [3.05, 3.63) is 28.3 Å². The van der Waals surface area contributed by atoms with E-state index in [0.29, 0.717) is 28.6 Å². The van der Waals surface area contributed by atoms with Crippen LogP contribution in [0.2, 0.25) is 5.02 Å². The molecule has 1 N–H and O–H groups in total. The molecule has 22 heavy (non-hydrogen) atoms. The lowest BCUT2D eigenvalue weighted by atomic mass is 10.1. The van der Waals surface area contributed by atoms with Gasteiger partial charge < -0.3 is 14.8 Å². The van der Waals surface area contributed by atoms with Gasteiger partial charge in [-0.25, -0.2) is 0 Å². The molecule has 118 valence electrons. The molecule has 0 radical (unpaired) electrons. The normalized spacial score (nSPS) is 10.8. The van der Waals surface area contributed by atoms with E-state index in [1.165, 1.54) is 20.3 Å². The summed E-state index contributed by atoms with van der Waals surface area (Å²) in [7, 11) is 2.98. The number of methoxy groups -OCH3 is 2.